The topological polar surface area (TPSA) is 129 Å². The Kier molecular flexibility index (Phi) is 12.9. The summed E-state index contributed by atoms with van der Waals surface area (Å²) in [5, 5.41) is 0. The van der Waals surface area contributed by atoms with Crippen LogP contribution in [0.1, 0.15) is 0 Å². The third-order valence-electron chi connectivity index (χ3n) is 5.31. The van der Waals surface area contributed by atoms with Gasteiger partial charge in [-0.1, -0.05) is 0 Å². The van der Waals surface area contributed by atoms with Crippen molar-refractivity contribution in [3.8, 4) is 0 Å². The molecule has 1 fully saturated rings. The zero-order chi connectivity index (χ0) is 29.9. The fraction of sp³-hybridized carbons (Fsp3) is 1.00. The van der Waals surface area contributed by atoms with Crippen molar-refractivity contribution in [1.82, 2.24) is 0 Å². The third-order valence-corrected chi connectivity index (χ3v) is 34.5. The molecule has 228 valence electrons. The Morgan fingerprint density at radius 2 is 0.553 bits per heavy atom. The molecule has 0 amide bonds. The molecule has 1 saturated heterocycles. The molecule has 0 N–H and O–H groups in total. The van der Waals surface area contributed by atoms with Gasteiger partial charge in [-0.15, -0.1) is 0 Å². The fourth-order valence-electron chi connectivity index (χ4n) is 3.66. The van der Waals surface area contributed by atoms with E-state index in [9.17, 15) is 0 Å². The molecule has 1 aliphatic heterocycles. The van der Waals surface area contributed by atoms with Gasteiger partial charge in [-0.3, -0.25) is 0 Å². The summed E-state index contributed by atoms with van der Waals surface area (Å²) in [6.45, 7) is 18.1. The molecule has 1 aliphatic rings. The van der Waals surface area contributed by atoms with Crippen LogP contribution in [0.15, 0.2) is 0 Å². The Balaban J connectivity index is 3.80. The molecular formula is C16H48O14Si8. The minimum Gasteiger partial charge on any atom is -0.417 e. The Hall–Kier alpha value is 1.18. The van der Waals surface area contributed by atoms with E-state index in [1.54, 1.807) is 45.8 Å². The summed E-state index contributed by atoms with van der Waals surface area (Å²) in [5.74, 6) is 0. The molecule has 0 aromatic heterocycles. The van der Waals surface area contributed by atoms with Crippen molar-refractivity contribution in [3.63, 3.8) is 0 Å². The van der Waals surface area contributed by atoms with Gasteiger partial charge in [0.25, 0.3) is 0 Å². The first-order chi connectivity index (χ1) is 17.0. The van der Waals surface area contributed by atoms with Crippen LogP contribution in [-0.2, 0) is 59.5 Å². The van der Waals surface area contributed by atoms with Crippen molar-refractivity contribution in [1.29, 1.82) is 0 Å². The van der Waals surface area contributed by atoms with E-state index in [0.29, 0.717) is 0 Å². The van der Waals surface area contributed by atoms with Crippen LogP contribution in [0.5, 0.6) is 0 Å². The van der Waals surface area contributed by atoms with Crippen LogP contribution in [0.2, 0.25) is 65.5 Å². The Bertz CT molecular complexity index is 727. The lowest BCUT2D eigenvalue weighted by Crippen LogP contribution is -2.75. The minimum atomic E-state index is -3.80. The minimum absolute atomic E-state index is 1.50. The maximum atomic E-state index is 6.69. The molecule has 0 aromatic carbocycles. The van der Waals surface area contributed by atoms with Crippen molar-refractivity contribution in [2.24, 2.45) is 0 Å². The van der Waals surface area contributed by atoms with Gasteiger partial charge in [-0.25, -0.2) is 0 Å². The van der Waals surface area contributed by atoms with Gasteiger partial charge in [0.15, 0.2) is 8.32 Å². The Labute approximate surface area is 237 Å². The summed E-state index contributed by atoms with van der Waals surface area (Å²) in [6.07, 6.45) is 0. The van der Waals surface area contributed by atoms with Gasteiger partial charge in [0.1, 0.15) is 0 Å². The average Bonchev–Trinajstić information content (AvgIpc) is 2.74. The zero-order valence-corrected chi connectivity index (χ0v) is 33.7. The number of rotatable bonds is 14. The average molecular weight is 689 g/mol. The summed E-state index contributed by atoms with van der Waals surface area (Å²) in [6, 6.07) is 0. The van der Waals surface area contributed by atoms with Crippen LogP contribution in [-0.4, -0.2) is 113 Å². The van der Waals surface area contributed by atoms with Gasteiger partial charge >= 0.3 is 61.6 Å². The first-order valence-corrected chi connectivity index (χ1v) is 30.9. The van der Waals surface area contributed by atoms with Gasteiger partial charge in [0.05, 0.1) is 0 Å². The van der Waals surface area contributed by atoms with E-state index in [2.05, 4.69) is 0 Å². The van der Waals surface area contributed by atoms with E-state index in [1.165, 1.54) is 42.7 Å². The highest BCUT2D eigenvalue weighted by atomic mass is 28.6. The van der Waals surface area contributed by atoms with Crippen molar-refractivity contribution in [3.05, 3.63) is 0 Å². The number of hydrogen-bond acceptors (Lipinski definition) is 14. The van der Waals surface area contributed by atoms with Gasteiger partial charge in [-0.2, -0.15) is 0 Å². The summed E-state index contributed by atoms with van der Waals surface area (Å²) in [5.41, 5.74) is 0. The van der Waals surface area contributed by atoms with Crippen LogP contribution in [0, 0.1) is 0 Å². The van der Waals surface area contributed by atoms with Crippen LogP contribution in [0.25, 0.3) is 0 Å². The second kappa shape index (κ2) is 13.2. The van der Waals surface area contributed by atoms with Crippen molar-refractivity contribution in [2.45, 2.75) is 65.5 Å². The Morgan fingerprint density at radius 3 is 0.711 bits per heavy atom. The monoisotopic (exact) mass is 688 g/mol. The molecule has 0 aromatic rings. The molecule has 2 unspecified atom stereocenters. The molecule has 0 saturated carbocycles. The smallest absolute Gasteiger partial charge is 0.417 e. The van der Waals surface area contributed by atoms with Crippen LogP contribution >= 0.6 is 0 Å². The number of hydrogen-bond donors (Lipinski definition) is 0. The quantitative estimate of drug-likeness (QED) is 0.248. The molecule has 22 heteroatoms. The lowest BCUT2D eigenvalue weighted by atomic mass is 11.8. The van der Waals surface area contributed by atoms with E-state index >= 15 is 0 Å². The van der Waals surface area contributed by atoms with E-state index in [0.717, 1.165) is 0 Å². The predicted octanol–water partition coefficient (Wildman–Crippen LogP) is 2.83. The molecule has 1 heterocycles. The van der Waals surface area contributed by atoms with Crippen LogP contribution < -0.4 is 0 Å². The van der Waals surface area contributed by atoms with E-state index in [4.69, 9.17) is 59.5 Å². The van der Waals surface area contributed by atoms with Crippen LogP contribution in [0.4, 0.5) is 0 Å². The lowest BCUT2D eigenvalue weighted by molar-refractivity contribution is 0.0453. The highest BCUT2D eigenvalue weighted by molar-refractivity contribution is 6.94. The van der Waals surface area contributed by atoms with Gasteiger partial charge in [0, 0.05) is 88.5 Å². The van der Waals surface area contributed by atoms with E-state index < -0.39 is 69.9 Å². The summed E-state index contributed by atoms with van der Waals surface area (Å²) >= 11 is 0. The highest BCUT2D eigenvalue weighted by Crippen LogP contribution is 2.37. The summed E-state index contributed by atoms with van der Waals surface area (Å²) in [4.78, 5) is 0. The SMILES string of the molecule is CO[Si](C)(OC)O[Si]1(C)O[Si](C)(O[Si](C)(C)C)O[Si](C)(O[Si](C)(OC)OC)O[Si](C)(O[Si](C)(OC)OC)O1. The maximum absolute atomic E-state index is 6.69. The highest BCUT2D eigenvalue weighted by Gasteiger charge is 2.67. The van der Waals surface area contributed by atoms with Crippen molar-refractivity contribution >= 4 is 69.9 Å². The molecule has 0 aliphatic carbocycles. The van der Waals surface area contributed by atoms with Gasteiger partial charge in [0.2, 0.25) is 0 Å². The first kappa shape index (κ1) is 37.2. The van der Waals surface area contributed by atoms with E-state index in [-0.39, 0.29) is 0 Å². The standard InChI is InChI=1S/C16H48O14Si8/c1-17-32(10,18-2)24-36(14)27-35(13,23-31(7,8)9)28-37(15,25-33(11,19-3)20-4)30-38(16,29-36)26-34(12,21-5)22-6/h1-16H3. The second-order valence-corrected chi connectivity index (χ2v) is 35.5. The largest absolute Gasteiger partial charge is 0.489 e. The summed E-state index contributed by atoms with van der Waals surface area (Å²) in [7, 11) is -17.7. The van der Waals surface area contributed by atoms with Crippen molar-refractivity contribution < 1.29 is 59.5 Å². The Morgan fingerprint density at radius 1 is 0.368 bits per heavy atom. The zero-order valence-electron chi connectivity index (χ0n) is 25.7. The van der Waals surface area contributed by atoms with Crippen molar-refractivity contribution in [2.75, 3.05) is 42.7 Å². The third kappa shape index (κ3) is 10.8. The molecule has 0 spiro atoms. The first-order valence-electron chi connectivity index (χ1n) is 11.9. The molecule has 0 bridgehead atoms. The summed E-state index contributed by atoms with van der Waals surface area (Å²) < 4.78 is 86.1. The normalized spacial score (nSPS) is 32.2. The van der Waals surface area contributed by atoms with E-state index in [1.807, 2.05) is 19.6 Å². The molecule has 38 heavy (non-hydrogen) atoms. The molecular weight excluding hydrogens is 641 g/mol. The predicted molar refractivity (Wildman–Crippen MR) is 155 cm³/mol. The second-order valence-electron chi connectivity index (χ2n) is 10.2. The molecule has 14 nitrogen and oxygen atoms in total. The van der Waals surface area contributed by atoms with Gasteiger partial charge < -0.3 is 59.5 Å². The molecule has 1 rings (SSSR count). The molecule has 0 radical (unpaired) electrons. The van der Waals surface area contributed by atoms with Crippen LogP contribution in [0.3, 0.4) is 0 Å². The lowest BCUT2D eigenvalue weighted by Gasteiger charge is -2.50. The van der Waals surface area contributed by atoms with Gasteiger partial charge in [-0.05, 0) is 19.6 Å². The maximum Gasteiger partial charge on any atom is 0.489 e. The fourth-order valence-corrected chi connectivity index (χ4v) is 36.0. The molecule has 2 atom stereocenters.